The number of nitrogens with one attached hydrogen (secondary N) is 1. The molecule has 4 amide bonds. The van der Waals surface area contributed by atoms with Crippen LogP contribution >= 0.6 is 0 Å². The normalized spacial score (nSPS) is 15.6. The number of carbonyl (C=O) groups excluding carboxylic acids is 4. The maximum Gasteiger partial charge on any atom is 0.257 e. The van der Waals surface area contributed by atoms with E-state index in [-0.39, 0.29) is 24.8 Å². The molecule has 1 aliphatic heterocycles. The smallest absolute Gasteiger partial charge is 0.257 e. The minimum Gasteiger partial charge on any atom is -0.467 e. The summed E-state index contributed by atoms with van der Waals surface area (Å²) in [5.41, 5.74) is 2.27. The monoisotopic (exact) mass is 445 g/mol. The molecule has 0 aliphatic carbocycles. The van der Waals surface area contributed by atoms with Crippen LogP contribution in [-0.2, 0) is 20.9 Å². The highest BCUT2D eigenvalue weighted by molar-refractivity contribution is 6.23. The minimum atomic E-state index is -0.967. The predicted octanol–water partition coefficient (Wildman–Crippen LogP) is 3.52. The molecule has 0 saturated carbocycles. The van der Waals surface area contributed by atoms with Gasteiger partial charge in [0.25, 0.3) is 11.8 Å². The fraction of sp³-hybridized carbons (Fsp3) is 0.200. The van der Waals surface area contributed by atoms with Gasteiger partial charge in [-0.25, -0.2) is 4.90 Å². The van der Waals surface area contributed by atoms with E-state index in [2.05, 4.69) is 5.32 Å². The maximum absolute atomic E-state index is 13.4. The second-order valence-corrected chi connectivity index (χ2v) is 7.90. The van der Waals surface area contributed by atoms with E-state index < -0.39 is 17.9 Å². The van der Waals surface area contributed by atoms with Gasteiger partial charge in [-0.3, -0.25) is 19.2 Å². The summed E-state index contributed by atoms with van der Waals surface area (Å²) in [6.45, 7) is 3.33. The van der Waals surface area contributed by atoms with Crippen molar-refractivity contribution in [2.24, 2.45) is 0 Å². The van der Waals surface area contributed by atoms with Crippen LogP contribution in [0.3, 0.4) is 0 Å². The Balaban J connectivity index is 1.63. The van der Waals surface area contributed by atoms with Gasteiger partial charge in [-0.05, 0) is 55.5 Å². The van der Waals surface area contributed by atoms with E-state index in [1.807, 2.05) is 13.0 Å². The molecule has 1 aliphatic rings. The van der Waals surface area contributed by atoms with Crippen LogP contribution in [0.1, 0.15) is 35.0 Å². The van der Waals surface area contributed by atoms with Crippen molar-refractivity contribution in [2.75, 3.05) is 10.2 Å². The SMILES string of the molecule is CC(=O)Nc1ccc(N2C(=O)CC(N(Cc3ccco3)C(=O)c3cccc(C)c3)C2=O)cc1. The molecule has 1 fully saturated rings. The van der Waals surface area contributed by atoms with E-state index >= 15 is 0 Å². The number of nitrogens with zero attached hydrogens (tertiary/aromatic N) is 2. The molecule has 3 aromatic rings. The molecule has 2 aromatic carbocycles. The molecular formula is C25H23N3O5. The van der Waals surface area contributed by atoms with E-state index in [9.17, 15) is 19.2 Å². The summed E-state index contributed by atoms with van der Waals surface area (Å²) in [6.07, 6.45) is 1.36. The van der Waals surface area contributed by atoms with Crippen molar-refractivity contribution in [1.29, 1.82) is 0 Å². The lowest BCUT2D eigenvalue weighted by molar-refractivity contribution is -0.122. The summed E-state index contributed by atoms with van der Waals surface area (Å²) < 4.78 is 5.41. The Kier molecular flexibility index (Phi) is 6.08. The van der Waals surface area contributed by atoms with Crippen molar-refractivity contribution in [3.63, 3.8) is 0 Å². The lowest BCUT2D eigenvalue weighted by Crippen LogP contribution is -2.45. The highest BCUT2D eigenvalue weighted by atomic mass is 16.3. The topological polar surface area (TPSA) is 99.9 Å². The van der Waals surface area contributed by atoms with Crippen molar-refractivity contribution in [3.8, 4) is 0 Å². The maximum atomic E-state index is 13.4. The van der Waals surface area contributed by atoms with Crippen LogP contribution in [0.5, 0.6) is 0 Å². The molecule has 1 unspecified atom stereocenters. The molecule has 1 saturated heterocycles. The molecular weight excluding hydrogens is 422 g/mol. The molecule has 0 radical (unpaired) electrons. The summed E-state index contributed by atoms with van der Waals surface area (Å²) in [4.78, 5) is 53.3. The third-order valence-corrected chi connectivity index (χ3v) is 5.38. The third-order valence-electron chi connectivity index (χ3n) is 5.38. The summed E-state index contributed by atoms with van der Waals surface area (Å²) in [6, 6.07) is 15.9. The molecule has 8 nitrogen and oxygen atoms in total. The molecule has 1 N–H and O–H groups in total. The van der Waals surface area contributed by atoms with Gasteiger partial charge < -0.3 is 14.6 Å². The number of aryl methyl sites for hydroxylation is 1. The quantitative estimate of drug-likeness (QED) is 0.585. The number of carbonyl (C=O) groups is 4. The van der Waals surface area contributed by atoms with Crippen LogP contribution in [0.2, 0.25) is 0 Å². The van der Waals surface area contributed by atoms with Gasteiger partial charge in [0.2, 0.25) is 11.8 Å². The van der Waals surface area contributed by atoms with Gasteiger partial charge in [0, 0.05) is 18.2 Å². The highest BCUT2D eigenvalue weighted by Gasteiger charge is 2.44. The molecule has 0 spiro atoms. The van der Waals surface area contributed by atoms with Crippen molar-refractivity contribution in [1.82, 2.24) is 4.90 Å². The van der Waals surface area contributed by atoms with Gasteiger partial charge in [-0.2, -0.15) is 0 Å². The van der Waals surface area contributed by atoms with Crippen LogP contribution in [0.15, 0.2) is 71.3 Å². The van der Waals surface area contributed by atoms with Crippen LogP contribution in [-0.4, -0.2) is 34.6 Å². The Bertz CT molecular complexity index is 1200. The highest BCUT2D eigenvalue weighted by Crippen LogP contribution is 2.29. The molecule has 168 valence electrons. The summed E-state index contributed by atoms with van der Waals surface area (Å²) in [7, 11) is 0. The Morgan fingerprint density at radius 1 is 1.09 bits per heavy atom. The number of hydrogen-bond donors (Lipinski definition) is 1. The average Bonchev–Trinajstić information content (AvgIpc) is 3.39. The zero-order valence-corrected chi connectivity index (χ0v) is 18.3. The Hall–Kier alpha value is -4.20. The summed E-state index contributed by atoms with van der Waals surface area (Å²) in [5.74, 6) is -0.962. The van der Waals surface area contributed by atoms with Gasteiger partial charge in [0.15, 0.2) is 0 Å². The second-order valence-electron chi connectivity index (χ2n) is 7.90. The van der Waals surface area contributed by atoms with Gasteiger partial charge >= 0.3 is 0 Å². The lowest BCUT2D eigenvalue weighted by Gasteiger charge is -2.27. The standard InChI is InChI=1S/C25H23N3O5/c1-16-5-3-6-18(13-16)24(31)27(15-21-7-4-12-33-21)22-14-23(30)28(25(22)32)20-10-8-19(9-11-20)26-17(2)29/h3-13,22H,14-15H2,1-2H3,(H,26,29). The number of amides is 4. The largest absolute Gasteiger partial charge is 0.467 e. The molecule has 8 heteroatoms. The number of imide groups is 1. The fourth-order valence-corrected chi connectivity index (χ4v) is 3.87. The summed E-state index contributed by atoms with van der Waals surface area (Å²) in [5, 5.41) is 2.64. The van der Waals surface area contributed by atoms with Crippen molar-refractivity contribution in [3.05, 3.63) is 83.8 Å². The summed E-state index contributed by atoms with van der Waals surface area (Å²) >= 11 is 0. The van der Waals surface area contributed by atoms with Crippen LogP contribution in [0, 0.1) is 6.92 Å². The minimum absolute atomic E-state index is 0.0543. The first-order valence-electron chi connectivity index (χ1n) is 10.5. The second kappa shape index (κ2) is 9.12. The molecule has 33 heavy (non-hydrogen) atoms. The lowest BCUT2D eigenvalue weighted by atomic mass is 10.1. The van der Waals surface area contributed by atoms with Crippen molar-refractivity contribution < 1.29 is 23.6 Å². The van der Waals surface area contributed by atoms with Crippen LogP contribution in [0.25, 0.3) is 0 Å². The van der Waals surface area contributed by atoms with Gasteiger partial charge in [0.1, 0.15) is 11.8 Å². The van der Waals surface area contributed by atoms with E-state index in [0.717, 1.165) is 10.5 Å². The first-order valence-corrected chi connectivity index (χ1v) is 10.5. The first kappa shape index (κ1) is 22.0. The average molecular weight is 445 g/mol. The number of hydrogen-bond acceptors (Lipinski definition) is 5. The Morgan fingerprint density at radius 2 is 1.85 bits per heavy atom. The third kappa shape index (κ3) is 4.69. The Morgan fingerprint density at radius 3 is 2.48 bits per heavy atom. The van der Waals surface area contributed by atoms with E-state index in [1.54, 1.807) is 54.6 Å². The van der Waals surface area contributed by atoms with Gasteiger partial charge in [-0.1, -0.05) is 17.7 Å². The molecule has 2 heterocycles. The number of rotatable bonds is 6. The van der Waals surface area contributed by atoms with Crippen molar-refractivity contribution in [2.45, 2.75) is 32.9 Å². The van der Waals surface area contributed by atoms with Gasteiger partial charge in [0.05, 0.1) is 24.9 Å². The fourth-order valence-electron chi connectivity index (χ4n) is 3.87. The zero-order chi connectivity index (χ0) is 23.5. The first-order chi connectivity index (χ1) is 15.8. The molecule has 1 atom stereocenters. The van der Waals surface area contributed by atoms with E-state index in [1.165, 1.54) is 18.1 Å². The number of benzene rings is 2. The van der Waals surface area contributed by atoms with E-state index in [0.29, 0.717) is 22.7 Å². The molecule has 1 aromatic heterocycles. The van der Waals surface area contributed by atoms with E-state index in [4.69, 9.17) is 4.42 Å². The van der Waals surface area contributed by atoms with Crippen LogP contribution < -0.4 is 10.2 Å². The molecule has 4 rings (SSSR count). The van der Waals surface area contributed by atoms with Gasteiger partial charge in [-0.15, -0.1) is 0 Å². The predicted molar refractivity (Wildman–Crippen MR) is 121 cm³/mol. The zero-order valence-electron chi connectivity index (χ0n) is 18.3. The van der Waals surface area contributed by atoms with Crippen LogP contribution in [0.4, 0.5) is 11.4 Å². The number of furan rings is 1. The molecule has 0 bridgehead atoms. The van der Waals surface area contributed by atoms with Crippen molar-refractivity contribution >= 4 is 35.0 Å². The number of anilines is 2. The Labute approximate surface area is 190 Å².